The van der Waals surface area contributed by atoms with Crippen molar-refractivity contribution in [2.75, 3.05) is 11.1 Å². The first-order valence-corrected chi connectivity index (χ1v) is 10.6. The lowest BCUT2D eigenvalue weighted by Gasteiger charge is -2.11. The van der Waals surface area contributed by atoms with Crippen LogP contribution in [0.3, 0.4) is 0 Å². The number of amides is 2. The second-order valence-electron chi connectivity index (χ2n) is 6.57. The van der Waals surface area contributed by atoms with Crippen LogP contribution in [0, 0.1) is 5.82 Å². The smallest absolute Gasteiger partial charge is 0.287 e. The van der Waals surface area contributed by atoms with E-state index in [1.807, 2.05) is 30.3 Å². The molecule has 2 N–H and O–H groups in total. The molecule has 8 nitrogen and oxygen atoms in total. The van der Waals surface area contributed by atoms with E-state index in [-0.39, 0.29) is 35.7 Å². The van der Waals surface area contributed by atoms with Crippen molar-refractivity contribution in [3.05, 3.63) is 90.4 Å². The molecule has 4 rings (SSSR count). The van der Waals surface area contributed by atoms with Crippen LogP contribution in [-0.4, -0.2) is 32.3 Å². The summed E-state index contributed by atoms with van der Waals surface area (Å²) in [6.45, 7) is 0.115. The molecule has 2 aromatic heterocycles. The number of benzene rings is 2. The van der Waals surface area contributed by atoms with Crippen molar-refractivity contribution in [1.29, 1.82) is 0 Å². The fourth-order valence-corrected chi connectivity index (χ4v) is 3.63. The Morgan fingerprint density at radius 3 is 2.50 bits per heavy atom. The molecule has 2 heterocycles. The normalized spacial score (nSPS) is 10.7. The summed E-state index contributed by atoms with van der Waals surface area (Å²) in [5, 5.41) is 14.3. The first kappa shape index (κ1) is 21.3. The maximum atomic E-state index is 13.0. The number of thioether (sulfide) groups is 1. The standard InChI is InChI=1S/C22H18FN5O3S/c23-15-8-10-16(11-9-15)25-20(29)14-32-22-27-26-19(28(22)17-5-2-1-3-6-17)13-24-21(30)18-7-4-12-31-18/h1-12H,13-14H2,(H,24,30)(H,25,29). The van der Waals surface area contributed by atoms with Gasteiger partial charge in [0.15, 0.2) is 16.7 Å². The van der Waals surface area contributed by atoms with Gasteiger partial charge in [-0.25, -0.2) is 4.39 Å². The largest absolute Gasteiger partial charge is 0.459 e. The Morgan fingerprint density at radius 1 is 1.00 bits per heavy atom. The molecule has 0 aliphatic rings. The molecule has 0 aliphatic heterocycles. The number of carbonyl (C=O) groups is 2. The van der Waals surface area contributed by atoms with Crippen molar-refractivity contribution in [2.45, 2.75) is 11.7 Å². The Bertz CT molecular complexity index is 1190. The van der Waals surface area contributed by atoms with Gasteiger partial charge in [0.05, 0.1) is 18.6 Å². The van der Waals surface area contributed by atoms with Crippen LogP contribution in [0.1, 0.15) is 16.4 Å². The van der Waals surface area contributed by atoms with Crippen LogP contribution in [0.15, 0.2) is 82.6 Å². The molecule has 0 saturated carbocycles. The van der Waals surface area contributed by atoms with Gasteiger partial charge in [-0.2, -0.15) is 0 Å². The fourth-order valence-electron chi connectivity index (χ4n) is 2.86. The monoisotopic (exact) mass is 451 g/mol. The predicted molar refractivity (Wildman–Crippen MR) is 117 cm³/mol. The van der Waals surface area contributed by atoms with E-state index in [1.165, 1.54) is 42.3 Å². The summed E-state index contributed by atoms with van der Waals surface area (Å²) >= 11 is 1.20. The average molecular weight is 451 g/mol. The second-order valence-corrected chi connectivity index (χ2v) is 7.52. The first-order valence-electron chi connectivity index (χ1n) is 9.60. The lowest BCUT2D eigenvalue weighted by molar-refractivity contribution is -0.113. The summed E-state index contributed by atoms with van der Waals surface area (Å²) in [5.41, 5.74) is 1.30. The minimum Gasteiger partial charge on any atom is -0.459 e. The summed E-state index contributed by atoms with van der Waals surface area (Å²) < 4.78 is 19.9. The minimum atomic E-state index is -0.375. The molecule has 10 heteroatoms. The Balaban J connectivity index is 1.47. The zero-order valence-corrected chi connectivity index (χ0v) is 17.5. The van der Waals surface area contributed by atoms with Gasteiger partial charge in [-0.15, -0.1) is 10.2 Å². The number of para-hydroxylation sites is 1. The number of furan rings is 1. The van der Waals surface area contributed by atoms with Crippen molar-refractivity contribution in [3.8, 4) is 5.69 Å². The van der Waals surface area contributed by atoms with Gasteiger partial charge < -0.3 is 15.1 Å². The Kier molecular flexibility index (Phi) is 6.61. The van der Waals surface area contributed by atoms with E-state index in [2.05, 4.69) is 20.8 Å². The number of nitrogens with one attached hydrogen (secondary N) is 2. The van der Waals surface area contributed by atoms with Crippen LogP contribution < -0.4 is 10.6 Å². The number of hydrogen-bond donors (Lipinski definition) is 2. The molecule has 2 amide bonds. The van der Waals surface area contributed by atoms with Gasteiger partial charge in [0.2, 0.25) is 5.91 Å². The average Bonchev–Trinajstić information content (AvgIpc) is 3.48. The summed E-state index contributed by atoms with van der Waals surface area (Å²) in [7, 11) is 0. The number of halogens is 1. The van der Waals surface area contributed by atoms with Crippen molar-refractivity contribution in [1.82, 2.24) is 20.1 Å². The van der Waals surface area contributed by atoms with E-state index in [4.69, 9.17) is 4.42 Å². The Labute approximate surface area is 186 Å². The number of nitrogens with zero attached hydrogens (tertiary/aromatic N) is 3. The van der Waals surface area contributed by atoms with Crippen LogP contribution in [0.2, 0.25) is 0 Å². The lowest BCUT2D eigenvalue weighted by Crippen LogP contribution is -2.24. The zero-order chi connectivity index (χ0) is 22.3. The van der Waals surface area contributed by atoms with Crippen LogP contribution in [0.25, 0.3) is 5.69 Å². The number of anilines is 1. The molecule has 0 aliphatic carbocycles. The maximum Gasteiger partial charge on any atom is 0.287 e. The third-order valence-corrected chi connectivity index (χ3v) is 5.26. The van der Waals surface area contributed by atoms with Gasteiger partial charge in [0.25, 0.3) is 5.91 Å². The highest BCUT2D eigenvalue weighted by molar-refractivity contribution is 7.99. The molecule has 32 heavy (non-hydrogen) atoms. The molecule has 0 spiro atoms. The molecule has 0 atom stereocenters. The van der Waals surface area contributed by atoms with Crippen molar-refractivity contribution < 1.29 is 18.4 Å². The molecule has 0 radical (unpaired) electrons. The summed E-state index contributed by atoms with van der Waals surface area (Å²) in [4.78, 5) is 24.5. The highest BCUT2D eigenvalue weighted by atomic mass is 32.2. The van der Waals surface area contributed by atoms with E-state index in [9.17, 15) is 14.0 Å². The molecule has 0 unspecified atom stereocenters. The number of rotatable bonds is 8. The van der Waals surface area contributed by atoms with Gasteiger partial charge in [-0.3, -0.25) is 14.2 Å². The highest BCUT2D eigenvalue weighted by Gasteiger charge is 2.17. The molecular weight excluding hydrogens is 433 g/mol. The van der Waals surface area contributed by atoms with Gasteiger partial charge in [0, 0.05) is 11.4 Å². The molecular formula is C22H18FN5O3S. The SMILES string of the molecule is O=C(CSc1nnc(CNC(=O)c2ccco2)n1-c1ccccc1)Nc1ccc(F)cc1. The van der Waals surface area contributed by atoms with Crippen LogP contribution >= 0.6 is 11.8 Å². The van der Waals surface area contributed by atoms with Gasteiger partial charge in [0.1, 0.15) is 5.82 Å². The summed E-state index contributed by atoms with van der Waals surface area (Å²) in [6, 6.07) is 18.1. The molecule has 4 aromatic rings. The van der Waals surface area contributed by atoms with Crippen molar-refractivity contribution >= 4 is 29.3 Å². The highest BCUT2D eigenvalue weighted by Crippen LogP contribution is 2.22. The third-order valence-electron chi connectivity index (χ3n) is 4.33. The minimum absolute atomic E-state index is 0.0705. The van der Waals surface area contributed by atoms with E-state index in [0.29, 0.717) is 16.7 Å². The Hall–Kier alpha value is -3.92. The van der Waals surface area contributed by atoms with Gasteiger partial charge >= 0.3 is 0 Å². The van der Waals surface area contributed by atoms with Crippen LogP contribution in [-0.2, 0) is 11.3 Å². The number of aromatic nitrogens is 3. The molecule has 0 bridgehead atoms. The zero-order valence-electron chi connectivity index (χ0n) is 16.7. The van der Waals surface area contributed by atoms with E-state index < -0.39 is 0 Å². The molecule has 162 valence electrons. The van der Waals surface area contributed by atoms with Crippen molar-refractivity contribution in [2.24, 2.45) is 0 Å². The van der Waals surface area contributed by atoms with E-state index in [1.54, 1.807) is 16.7 Å². The molecule has 0 fully saturated rings. The maximum absolute atomic E-state index is 13.0. The topological polar surface area (TPSA) is 102 Å². The fraction of sp³-hybridized carbons (Fsp3) is 0.0909. The van der Waals surface area contributed by atoms with Crippen molar-refractivity contribution in [3.63, 3.8) is 0 Å². The van der Waals surface area contributed by atoms with E-state index >= 15 is 0 Å². The molecule has 2 aromatic carbocycles. The third kappa shape index (κ3) is 5.22. The molecule has 0 saturated heterocycles. The summed E-state index contributed by atoms with van der Waals surface area (Å²) in [6.07, 6.45) is 1.42. The number of carbonyl (C=O) groups excluding carboxylic acids is 2. The lowest BCUT2D eigenvalue weighted by atomic mass is 10.3. The second kappa shape index (κ2) is 9.92. The quantitative estimate of drug-likeness (QED) is 0.397. The Morgan fingerprint density at radius 2 is 1.78 bits per heavy atom. The first-order chi connectivity index (χ1) is 15.6. The predicted octanol–water partition coefficient (Wildman–Crippen LogP) is 3.66. The van der Waals surface area contributed by atoms with Gasteiger partial charge in [-0.05, 0) is 48.5 Å². The van der Waals surface area contributed by atoms with Crippen LogP contribution in [0.5, 0.6) is 0 Å². The van der Waals surface area contributed by atoms with E-state index in [0.717, 1.165) is 5.69 Å². The van der Waals surface area contributed by atoms with Crippen LogP contribution in [0.4, 0.5) is 10.1 Å². The van der Waals surface area contributed by atoms with Gasteiger partial charge in [-0.1, -0.05) is 30.0 Å². The number of hydrogen-bond acceptors (Lipinski definition) is 6. The summed E-state index contributed by atoms with van der Waals surface area (Å²) in [5.74, 6) is -0.246.